The van der Waals surface area contributed by atoms with Gasteiger partial charge in [-0.15, -0.1) is 0 Å². The Morgan fingerprint density at radius 1 is 1.00 bits per heavy atom. The number of rotatable bonds is 4. The molecule has 0 saturated carbocycles. The molecule has 2 aromatic carbocycles. The molecule has 1 atom stereocenters. The van der Waals surface area contributed by atoms with Crippen molar-refractivity contribution in [3.63, 3.8) is 0 Å². The highest BCUT2D eigenvalue weighted by Gasteiger charge is 2.35. The van der Waals surface area contributed by atoms with E-state index in [2.05, 4.69) is 53.8 Å². The summed E-state index contributed by atoms with van der Waals surface area (Å²) < 4.78 is 0. The molecule has 104 valence electrons. The lowest BCUT2D eigenvalue weighted by molar-refractivity contribution is 0.140. The van der Waals surface area contributed by atoms with Crippen LogP contribution in [-0.4, -0.2) is 11.7 Å². The first-order chi connectivity index (χ1) is 9.84. The fourth-order valence-electron chi connectivity index (χ4n) is 3.19. The summed E-state index contributed by atoms with van der Waals surface area (Å²) in [6.07, 6.45) is 3.23. The molecule has 2 N–H and O–H groups in total. The Balaban J connectivity index is 1.85. The first kappa shape index (κ1) is 13.3. The molecule has 1 aliphatic rings. The Hall–Kier alpha value is -1.64. The van der Waals surface area contributed by atoms with E-state index in [1.807, 2.05) is 6.07 Å². The van der Waals surface area contributed by atoms with Gasteiger partial charge in [-0.2, -0.15) is 0 Å². The van der Waals surface area contributed by atoms with E-state index in [9.17, 15) is 5.11 Å². The van der Waals surface area contributed by atoms with Crippen molar-refractivity contribution >= 4 is 0 Å². The van der Waals surface area contributed by atoms with Crippen LogP contribution in [0.2, 0.25) is 0 Å². The van der Waals surface area contributed by atoms with Crippen molar-refractivity contribution in [3.05, 3.63) is 71.3 Å². The molecule has 0 radical (unpaired) electrons. The third kappa shape index (κ3) is 2.49. The lowest BCUT2D eigenvalue weighted by Crippen LogP contribution is -2.47. The number of aryl methyl sites for hydroxylation is 1. The monoisotopic (exact) mass is 267 g/mol. The lowest BCUT2D eigenvalue weighted by Gasteiger charge is -2.39. The molecule has 3 rings (SSSR count). The lowest BCUT2D eigenvalue weighted by atomic mass is 9.77. The highest BCUT2D eigenvalue weighted by Crippen LogP contribution is 2.35. The number of benzene rings is 2. The van der Waals surface area contributed by atoms with E-state index >= 15 is 0 Å². The quantitative estimate of drug-likeness (QED) is 0.892. The molecule has 0 aromatic heterocycles. The van der Waals surface area contributed by atoms with Crippen molar-refractivity contribution in [2.75, 3.05) is 6.61 Å². The normalized spacial score (nSPS) is 21.4. The number of hydrogen-bond acceptors (Lipinski definition) is 2. The summed E-state index contributed by atoms with van der Waals surface area (Å²) in [7, 11) is 0. The summed E-state index contributed by atoms with van der Waals surface area (Å²) >= 11 is 0. The molecule has 1 aliphatic carbocycles. The summed E-state index contributed by atoms with van der Waals surface area (Å²) in [6, 6.07) is 18.9. The molecule has 1 unspecified atom stereocenters. The minimum absolute atomic E-state index is 0.150. The van der Waals surface area contributed by atoms with Crippen molar-refractivity contribution in [2.45, 2.75) is 31.3 Å². The SMILES string of the molecule is OCC1(NCc2ccccc2)CCCc2ccccc21. The average Bonchev–Trinajstić information content (AvgIpc) is 2.54. The smallest absolute Gasteiger partial charge is 0.0674 e. The van der Waals surface area contributed by atoms with Gasteiger partial charge in [0.2, 0.25) is 0 Å². The molecule has 2 aromatic rings. The third-order valence-corrected chi connectivity index (χ3v) is 4.33. The van der Waals surface area contributed by atoms with Gasteiger partial charge in [0.15, 0.2) is 0 Å². The number of nitrogens with one attached hydrogen (secondary N) is 1. The average molecular weight is 267 g/mol. The van der Waals surface area contributed by atoms with E-state index in [4.69, 9.17) is 0 Å². The molecule has 0 fully saturated rings. The van der Waals surface area contributed by atoms with Gasteiger partial charge >= 0.3 is 0 Å². The van der Waals surface area contributed by atoms with Gasteiger partial charge in [-0.25, -0.2) is 0 Å². The largest absolute Gasteiger partial charge is 0.394 e. The Morgan fingerprint density at radius 3 is 2.55 bits per heavy atom. The molecule has 0 saturated heterocycles. The van der Waals surface area contributed by atoms with Gasteiger partial charge in [0, 0.05) is 6.54 Å². The Kier molecular flexibility index (Phi) is 3.86. The predicted octanol–water partition coefficient (Wildman–Crippen LogP) is 3.00. The standard InChI is InChI=1S/C18H21NO/c20-14-18(19-13-15-7-2-1-3-8-15)12-6-10-16-9-4-5-11-17(16)18/h1-5,7-9,11,19-20H,6,10,12-14H2. The number of aliphatic hydroxyl groups excluding tert-OH is 1. The van der Waals surface area contributed by atoms with Crippen LogP contribution in [0.25, 0.3) is 0 Å². The Bertz CT molecular complexity index is 567. The van der Waals surface area contributed by atoms with E-state index < -0.39 is 0 Å². The van der Waals surface area contributed by atoms with E-state index in [-0.39, 0.29) is 12.1 Å². The van der Waals surface area contributed by atoms with Gasteiger partial charge in [0.25, 0.3) is 0 Å². The van der Waals surface area contributed by atoms with Crippen LogP contribution >= 0.6 is 0 Å². The minimum Gasteiger partial charge on any atom is -0.394 e. The first-order valence-electron chi connectivity index (χ1n) is 7.32. The topological polar surface area (TPSA) is 32.3 Å². The van der Waals surface area contributed by atoms with Crippen molar-refractivity contribution in [3.8, 4) is 0 Å². The maximum Gasteiger partial charge on any atom is 0.0674 e. The van der Waals surface area contributed by atoms with Gasteiger partial charge in [-0.1, -0.05) is 54.6 Å². The van der Waals surface area contributed by atoms with Gasteiger partial charge in [0.05, 0.1) is 12.1 Å². The Labute approximate surface area is 120 Å². The van der Waals surface area contributed by atoms with Crippen LogP contribution in [0.1, 0.15) is 29.5 Å². The second-order valence-corrected chi connectivity index (χ2v) is 5.59. The summed E-state index contributed by atoms with van der Waals surface area (Å²) in [5, 5.41) is 13.6. The maximum absolute atomic E-state index is 10.0. The second-order valence-electron chi connectivity index (χ2n) is 5.59. The minimum atomic E-state index is -0.287. The molecule has 2 nitrogen and oxygen atoms in total. The Morgan fingerprint density at radius 2 is 1.75 bits per heavy atom. The van der Waals surface area contributed by atoms with Crippen LogP contribution in [0.5, 0.6) is 0 Å². The zero-order chi connectivity index (χ0) is 13.8. The first-order valence-corrected chi connectivity index (χ1v) is 7.32. The molecule has 0 amide bonds. The summed E-state index contributed by atoms with van der Waals surface area (Å²) in [5.74, 6) is 0. The summed E-state index contributed by atoms with van der Waals surface area (Å²) in [4.78, 5) is 0. The predicted molar refractivity (Wildman–Crippen MR) is 81.4 cm³/mol. The molecule has 20 heavy (non-hydrogen) atoms. The van der Waals surface area contributed by atoms with Gasteiger partial charge in [-0.05, 0) is 36.0 Å². The zero-order valence-corrected chi connectivity index (χ0v) is 11.7. The molecule has 0 spiro atoms. The fourth-order valence-corrected chi connectivity index (χ4v) is 3.19. The van der Waals surface area contributed by atoms with Gasteiger partial charge in [-0.3, -0.25) is 0 Å². The molecule has 0 bridgehead atoms. The van der Waals surface area contributed by atoms with E-state index in [0.29, 0.717) is 0 Å². The van der Waals surface area contributed by atoms with Gasteiger partial charge < -0.3 is 10.4 Å². The van der Waals surface area contributed by atoms with Crippen molar-refractivity contribution in [1.82, 2.24) is 5.32 Å². The van der Waals surface area contributed by atoms with Crippen LogP contribution in [0.15, 0.2) is 54.6 Å². The van der Waals surface area contributed by atoms with Gasteiger partial charge in [0.1, 0.15) is 0 Å². The molecule has 2 heteroatoms. The third-order valence-electron chi connectivity index (χ3n) is 4.33. The van der Waals surface area contributed by atoms with E-state index in [1.165, 1.54) is 16.7 Å². The summed E-state index contributed by atoms with van der Waals surface area (Å²) in [6.45, 7) is 0.937. The van der Waals surface area contributed by atoms with Crippen LogP contribution in [-0.2, 0) is 18.5 Å². The van der Waals surface area contributed by atoms with E-state index in [0.717, 1.165) is 25.8 Å². The van der Waals surface area contributed by atoms with Crippen LogP contribution in [0, 0.1) is 0 Å². The van der Waals surface area contributed by atoms with Crippen molar-refractivity contribution < 1.29 is 5.11 Å². The second kappa shape index (κ2) is 5.78. The van der Waals surface area contributed by atoms with Crippen LogP contribution in [0.3, 0.4) is 0 Å². The number of aliphatic hydroxyl groups is 1. The molecular weight excluding hydrogens is 246 g/mol. The highest BCUT2D eigenvalue weighted by atomic mass is 16.3. The van der Waals surface area contributed by atoms with Crippen LogP contribution in [0.4, 0.5) is 0 Å². The van der Waals surface area contributed by atoms with E-state index in [1.54, 1.807) is 0 Å². The zero-order valence-electron chi connectivity index (χ0n) is 11.7. The number of hydrogen-bond donors (Lipinski definition) is 2. The number of fused-ring (bicyclic) bond motifs is 1. The highest BCUT2D eigenvalue weighted by molar-refractivity contribution is 5.36. The fraction of sp³-hybridized carbons (Fsp3) is 0.333. The maximum atomic E-state index is 10.0. The summed E-state index contributed by atoms with van der Waals surface area (Å²) in [5.41, 5.74) is 3.60. The van der Waals surface area contributed by atoms with Crippen LogP contribution < -0.4 is 5.32 Å². The molecule has 0 aliphatic heterocycles. The van der Waals surface area contributed by atoms with Crippen molar-refractivity contribution in [1.29, 1.82) is 0 Å². The molecular formula is C18H21NO. The molecule has 0 heterocycles. The van der Waals surface area contributed by atoms with Crippen molar-refractivity contribution in [2.24, 2.45) is 0 Å².